The summed E-state index contributed by atoms with van der Waals surface area (Å²) in [5.74, 6) is 0.918. The number of allylic oxidation sites excluding steroid dienone is 1. The zero-order valence-electron chi connectivity index (χ0n) is 17.5. The van der Waals surface area contributed by atoms with Crippen molar-refractivity contribution >= 4 is 40.4 Å². The molecule has 0 radical (unpaired) electrons. The second-order valence-electron chi connectivity index (χ2n) is 8.08. The Kier molecular flexibility index (Phi) is 5.58. The Morgan fingerprint density at radius 1 is 0.906 bits per heavy atom. The number of fused-ring (bicyclic) bond motifs is 1. The summed E-state index contributed by atoms with van der Waals surface area (Å²) in [7, 11) is 1.66. The summed E-state index contributed by atoms with van der Waals surface area (Å²) in [6.45, 7) is 0. The van der Waals surface area contributed by atoms with E-state index in [0.29, 0.717) is 22.9 Å². The monoisotopic (exact) mass is 464 g/mol. The molecule has 0 bridgehead atoms. The van der Waals surface area contributed by atoms with Crippen LogP contribution in [0, 0.1) is 0 Å². The van der Waals surface area contributed by atoms with Gasteiger partial charge in [-0.1, -0.05) is 59.6 Å². The molecular weight excluding hydrogens is 443 g/mol. The van der Waals surface area contributed by atoms with Gasteiger partial charge in [-0.25, -0.2) is 0 Å². The van der Waals surface area contributed by atoms with Gasteiger partial charge in [0.25, 0.3) is 0 Å². The number of nitrogens with one attached hydrogen (secondary N) is 2. The largest absolute Gasteiger partial charge is 0.496 e. The maximum absolute atomic E-state index is 13.6. The van der Waals surface area contributed by atoms with Crippen LogP contribution in [0.3, 0.4) is 0 Å². The van der Waals surface area contributed by atoms with E-state index in [1.54, 1.807) is 19.2 Å². The van der Waals surface area contributed by atoms with Gasteiger partial charge < -0.3 is 15.4 Å². The van der Waals surface area contributed by atoms with Crippen molar-refractivity contribution in [3.63, 3.8) is 0 Å². The molecule has 0 saturated heterocycles. The van der Waals surface area contributed by atoms with Crippen LogP contribution in [-0.2, 0) is 4.79 Å². The van der Waals surface area contributed by atoms with Crippen LogP contribution in [-0.4, -0.2) is 12.9 Å². The van der Waals surface area contributed by atoms with Gasteiger partial charge in [-0.05, 0) is 47.9 Å². The Labute approximate surface area is 197 Å². The van der Waals surface area contributed by atoms with Crippen LogP contribution in [0.1, 0.15) is 35.9 Å². The summed E-state index contributed by atoms with van der Waals surface area (Å²) in [5.41, 5.74) is 5.34. The summed E-state index contributed by atoms with van der Waals surface area (Å²) >= 11 is 12.7. The average Bonchev–Trinajstić information content (AvgIpc) is 2.95. The number of methoxy groups -OCH3 is 1. The van der Waals surface area contributed by atoms with Crippen LogP contribution < -0.4 is 15.4 Å². The van der Waals surface area contributed by atoms with Crippen LogP contribution >= 0.6 is 23.2 Å². The van der Waals surface area contributed by atoms with E-state index in [0.717, 1.165) is 39.5 Å². The predicted octanol–water partition coefficient (Wildman–Crippen LogP) is 6.98. The highest BCUT2D eigenvalue weighted by molar-refractivity contribution is 6.35. The quantitative estimate of drug-likeness (QED) is 0.438. The Balaban J connectivity index is 1.64. The molecule has 162 valence electrons. The SMILES string of the molecule is COc1ccccc1C1CC(=O)C2=C(C1)Nc1ccccc1NC2c1ccc(Cl)cc1Cl. The second-order valence-corrected chi connectivity index (χ2v) is 8.92. The van der Waals surface area contributed by atoms with Gasteiger partial charge in [-0.15, -0.1) is 0 Å². The summed E-state index contributed by atoms with van der Waals surface area (Å²) < 4.78 is 5.58. The summed E-state index contributed by atoms with van der Waals surface area (Å²) in [6.07, 6.45) is 1.10. The molecule has 2 atom stereocenters. The number of carbonyl (C=O) groups is 1. The highest BCUT2D eigenvalue weighted by atomic mass is 35.5. The van der Waals surface area contributed by atoms with Crippen molar-refractivity contribution in [1.29, 1.82) is 0 Å². The Morgan fingerprint density at radius 2 is 1.66 bits per heavy atom. The summed E-state index contributed by atoms with van der Waals surface area (Å²) in [4.78, 5) is 13.6. The van der Waals surface area contributed by atoms with E-state index in [4.69, 9.17) is 27.9 Å². The van der Waals surface area contributed by atoms with Gasteiger partial charge >= 0.3 is 0 Å². The van der Waals surface area contributed by atoms with Gasteiger partial charge in [-0.2, -0.15) is 0 Å². The number of benzene rings is 3. The first-order valence-electron chi connectivity index (χ1n) is 10.5. The van der Waals surface area contributed by atoms with E-state index in [1.807, 2.05) is 54.6 Å². The minimum atomic E-state index is -0.378. The first kappa shape index (κ1) is 20.9. The fourth-order valence-electron chi connectivity index (χ4n) is 4.68. The molecule has 3 aromatic rings. The van der Waals surface area contributed by atoms with Crippen molar-refractivity contribution in [2.45, 2.75) is 24.8 Å². The summed E-state index contributed by atoms with van der Waals surface area (Å²) in [5, 5.41) is 8.19. The first-order chi connectivity index (χ1) is 15.5. The fraction of sp³-hybridized carbons (Fsp3) is 0.192. The average molecular weight is 465 g/mol. The van der Waals surface area contributed by atoms with Crippen LogP contribution in [0.15, 0.2) is 78.0 Å². The van der Waals surface area contributed by atoms with Crippen molar-refractivity contribution in [2.24, 2.45) is 0 Å². The molecule has 32 heavy (non-hydrogen) atoms. The number of Topliss-reactive ketones (excluding diaryl/α,β-unsaturated/α-hetero) is 1. The standard InChI is InChI=1S/C26H22Cl2N2O2/c1-32-24-9-5-2-6-17(24)15-12-22-25(23(31)13-15)26(18-11-10-16(27)14-19(18)28)30-21-8-4-3-7-20(21)29-22/h2-11,14-15,26,29-30H,12-13H2,1H3. The molecule has 0 spiro atoms. The van der Waals surface area contributed by atoms with Gasteiger partial charge in [-0.3, -0.25) is 4.79 Å². The van der Waals surface area contributed by atoms with Gasteiger partial charge in [0.15, 0.2) is 5.78 Å². The smallest absolute Gasteiger partial charge is 0.163 e. The second kappa shape index (κ2) is 8.53. The lowest BCUT2D eigenvalue weighted by molar-refractivity contribution is -0.116. The lowest BCUT2D eigenvalue weighted by atomic mass is 9.78. The van der Waals surface area contributed by atoms with Crippen molar-refractivity contribution < 1.29 is 9.53 Å². The number of anilines is 2. The van der Waals surface area contributed by atoms with E-state index in [-0.39, 0.29) is 17.7 Å². The topological polar surface area (TPSA) is 50.4 Å². The first-order valence-corrected chi connectivity index (χ1v) is 11.3. The molecule has 1 heterocycles. The number of hydrogen-bond acceptors (Lipinski definition) is 4. The van der Waals surface area contributed by atoms with Crippen LogP contribution in [0.25, 0.3) is 0 Å². The molecule has 5 rings (SSSR count). The molecule has 0 aromatic heterocycles. The minimum absolute atomic E-state index is 0.0245. The Morgan fingerprint density at radius 3 is 2.44 bits per heavy atom. The van der Waals surface area contributed by atoms with Gasteiger partial charge in [0.1, 0.15) is 5.75 Å². The number of ketones is 1. The van der Waals surface area contributed by atoms with E-state index in [1.165, 1.54) is 0 Å². The lowest BCUT2D eigenvalue weighted by Gasteiger charge is -2.30. The lowest BCUT2D eigenvalue weighted by Crippen LogP contribution is -2.27. The molecule has 6 heteroatoms. The highest BCUT2D eigenvalue weighted by Crippen LogP contribution is 2.46. The highest BCUT2D eigenvalue weighted by Gasteiger charge is 2.37. The molecular formula is C26H22Cl2N2O2. The Hall–Kier alpha value is -2.95. The zero-order valence-corrected chi connectivity index (χ0v) is 19.0. The van der Waals surface area contributed by atoms with Gasteiger partial charge in [0, 0.05) is 33.7 Å². The maximum atomic E-state index is 13.6. The molecule has 2 N–H and O–H groups in total. The van der Waals surface area contributed by atoms with E-state index in [9.17, 15) is 4.79 Å². The number of carbonyl (C=O) groups excluding carboxylic acids is 1. The molecule has 4 nitrogen and oxygen atoms in total. The molecule has 0 fully saturated rings. The van der Waals surface area contributed by atoms with Gasteiger partial charge in [0.05, 0.1) is 24.5 Å². The van der Waals surface area contributed by atoms with Crippen molar-refractivity contribution in [3.8, 4) is 5.75 Å². The van der Waals surface area contributed by atoms with E-state index < -0.39 is 0 Å². The summed E-state index contributed by atoms with van der Waals surface area (Å²) in [6, 6.07) is 20.9. The van der Waals surface area contributed by atoms with Gasteiger partial charge in [0.2, 0.25) is 0 Å². The minimum Gasteiger partial charge on any atom is -0.496 e. The number of para-hydroxylation sites is 3. The van der Waals surface area contributed by atoms with E-state index in [2.05, 4.69) is 10.6 Å². The number of ether oxygens (including phenoxy) is 1. The van der Waals surface area contributed by atoms with Crippen LogP contribution in [0.4, 0.5) is 11.4 Å². The normalized spacial score (nSPS) is 19.9. The maximum Gasteiger partial charge on any atom is 0.163 e. The Bertz CT molecular complexity index is 1240. The predicted molar refractivity (Wildman–Crippen MR) is 130 cm³/mol. The third kappa shape index (κ3) is 3.74. The third-order valence-electron chi connectivity index (χ3n) is 6.16. The van der Waals surface area contributed by atoms with E-state index >= 15 is 0 Å². The third-order valence-corrected chi connectivity index (χ3v) is 6.72. The number of halogens is 2. The van der Waals surface area contributed by atoms with Crippen molar-refractivity contribution in [3.05, 3.63) is 99.2 Å². The molecule has 1 aliphatic heterocycles. The van der Waals surface area contributed by atoms with Crippen molar-refractivity contribution in [1.82, 2.24) is 0 Å². The fourth-order valence-corrected chi connectivity index (χ4v) is 5.20. The van der Waals surface area contributed by atoms with Crippen LogP contribution in [0.2, 0.25) is 10.0 Å². The van der Waals surface area contributed by atoms with Crippen molar-refractivity contribution in [2.75, 3.05) is 17.7 Å². The number of rotatable bonds is 3. The molecule has 0 amide bonds. The van der Waals surface area contributed by atoms with Crippen LogP contribution in [0.5, 0.6) is 5.75 Å². The molecule has 2 unspecified atom stereocenters. The molecule has 2 aliphatic rings. The molecule has 1 aliphatic carbocycles. The molecule has 0 saturated carbocycles. The zero-order chi connectivity index (χ0) is 22.2. The molecule has 3 aromatic carbocycles. The number of hydrogen-bond donors (Lipinski definition) is 2.